The number of ether oxygens (including phenoxy) is 2. The van der Waals surface area contributed by atoms with Crippen molar-refractivity contribution in [3.8, 4) is 5.75 Å². The van der Waals surface area contributed by atoms with E-state index in [4.69, 9.17) is 9.47 Å². The summed E-state index contributed by atoms with van der Waals surface area (Å²) in [6.07, 6.45) is 4.27. The molecule has 29 heavy (non-hydrogen) atoms. The summed E-state index contributed by atoms with van der Waals surface area (Å²) in [4.78, 5) is 37.7. The Morgan fingerprint density at radius 3 is 2.55 bits per heavy atom. The number of nitrogens with zero attached hydrogens (tertiary/aromatic N) is 1. The quantitative estimate of drug-likeness (QED) is 0.389. The van der Waals surface area contributed by atoms with E-state index in [0.29, 0.717) is 30.9 Å². The predicted molar refractivity (Wildman–Crippen MR) is 110 cm³/mol. The highest BCUT2D eigenvalue weighted by Gasteiger charge is 2.21. The van der Waals surface area contributed by atoms with Crippen molar-refractivity contribution in [2.75, 3.05) is 24.7 Å². The molecule has 0 radical (unpaired) electrons. The molecule has 0 aromatic heterocycles. The minimum absolute atomic E-state index is 0.0932. The van der Waals surface area contributed by atoms with E-state index in [1.54, 1.807) is 35.2 Å². The van der Waals surface area contributed by atoms with Crippen molar-refractivity contribution in [3.63, 3.8) is 0 Å². The Hall–Kier alpha value is -3.41. The van der Waals surface area contributed by atoms with E-state index in [1.165, 1.54) is 6.08 Å². The summed E-state index contributed by atoms with van der Waals surface area (Å²) in [6, 6.07) is 14.1. The highest BCUT2D eigenvalue weighted by molar-refractivity contribution is 6.00. The van der Waals surface area contributed by atoms with Crippen molar-refractivity contribution >= 4 is 29.4 Å². The highest BCUT2D eigenvalue weighted by Crippen LogP contribution is 2.22. The van der Waals surface area contributed by atoms with Gasteiger partial charge in [0.1, 0.15) is 5.75 Å². The summed E-state index contributed by atoms with van der Waals surface area (Å²) < 4.78 is 10.5. The van der Waals surface area contributed by atoms with Crippen LogP contribution in [0.1, 0.15) is 35.7 Å². The third-order valence-electron chi connectivity index (χ3n) is 4.54. The minimum Gasteiger partial charge on any atom is -0.493 e. The summed E-state index contributed by atoms with van der Waals surface area (Å²) in [5.74, 6) is -0.146. The number of carbonyl (C=O) groups excluding carboxylic acids is 3. The van der Waals surface area contributed by atoms with E-state index in [9.17, 15) is 14.4 Å². The van der Waals surface area contributed by atoms with Gasteiger partial charge >= 0.3 is 5.97 Å². The molecule has 1 aliphatic heterocycles. The molecule has 1 amide bonds. The van der Waals surface area contributed by atoms with Crippen LogP contribution in [-0.2, 0) is 14.3 Å². The van der Waals surface area contributed by atoms with Gasteiger partial charge in [-0.2, -0.15) is 0 Å². The second-order valence-corrected chi connectivity index (χ2v) is 6.53. The summed E-state index contributed by atoms with van der Waals surface area (Å²) in [5, 5.41) is 0. The lowest BCUT2D eigenvalue weighted by Gasteiger charge is -2.15. The van der Waals surface area contributed by atoms with Crippen LogP contribution in [0.3, 0.4) is 0 Å². The molecule has 2 aromatic rings. The minimum atomic E-state index is -0.607. The Balaban J connectivity index is 1.53. The van der Waals surface area contributed by atoms with Gasteiger partial charge in [0.15, 0.2) is 12.4 Å². The molecule has 1 fully saturated rings. The standard InChI is InChI=1S/C23H23NO5/c1-2-28-21-7-4-3-6-18(21)11-14-23(27)29-16-20(25)17-9-12-19(13-10-17)24-15-5-8-22(24)26/h3-4,6-7,9-14H,2,5,8,15-16H2,1H3/b14-11+. The van der Waals surface area contributed by atoms with Gasteiger partial charge in [0.25, 0.3) is 0 Å². The molecule has 6 nitrogen and oxygen atoms in total. The molecule has 1 saturated heterocycles. The van der Waals surface area contributed by atoms with E-state index in [0.717, 1.165) is 17.7 Å². The second kappa shape index (κ2) is 9.68. The fourth-order valence-corrected chi connectivity index (χ4v) is 3.08. The van der Waals surface area contributed by atoms with Crippen molar-refractivity contribution in [3.05, 3.63) is 65.7 Å². The van der Waals surface area contributed by atoms with E-state index >= 15 is 0 Å². The molecule has 0 N–H and O–H groups in total. The molecule has 3 rings (SSSR count). The van der Waals surface area contributed by atoms with Gasteiger partial charge in [-0.05, 0) is 49.8 Å². The van der Waals surface area contributed by atoms with Crippen LogP contribution < -0.4 is 9.64 Å². The Labute approximate surface area is 169 Å². The first kappa shape index (κ1) is 20.3. The van der Waals surface area contributed by atoms with Crippen molar-refractivity contribution in [2.45, 2.75) is 19.8 Å². The number of para-hydroxylation sites is 1. The number of rotatable bonds is 8. The lowest BCUT2D eigenvalue weighted by Crippen LogP contribution is -2.23. The van der Waals surface area contributed by atoms with E-state index in [1.807, 2.05) is 31.2 Å². The fraction of sp³-hybridized carbons (Fsp3) is 0.261. The smallest absolute Gasteiger partial charge is 0.331 e. The molecule has 0 unspecified atom stereocenters. The maximum Gasteiger partial charge on any atom is 0.331 e. The maximum atomic E-state index is 12.3. The van der Waals surface area contributed by atoms with Gasteiger partial charge in [0, 0.05) is 35.9 Å². The zero-order valence-electron chi connectivity index (χ0n) is 16.3. The van der Waals surface area contributed by atoms with Gasteiger partial charge in [-0.25, -0.2) is 4.79 Å². The number of carbonyl (C=O) groups is 3. The number of benzene rings is 2. The number of esters is 1. The van der Waals surface area contributed by atoms with Crippen LogP contribution in [0.15, 0.2) is 54.6 Å². The number of hydrogen-bond acceptors (Lipinski definition) is 5. The Bertz CT molecular complexity index is 917. The molecule has 0 aliphatic carbocycles. The van der Waals surface area contributed by atoms with Gasteiger partial charge in [-0.15, -0.1) is 0 Å². The third kappa shape index (κ3) is 5.31. The average Bonchev–Trinajstić information content (AvgIpc) is 3.17. The fourth-order valence-electron chi connectivity index (χ4n) is 3.08. The zero-order valence-corrected chi connectivity index (χ0v) is 16.3. The average molecular weight is 393 g/mol. The molecule has 2 aromatic carbocycles. The van der Waals surface area contributed by atoms with Crippen LogP contribution in [0.2, 0.25) is 0 Å². The van der Waals surface area contributed by atoms with Gasteiger partial charge in [0.05, 0.1) is 6.61 Å². The van der Waals surface area contributed by atoms with E-state index in [-0.39, 0.29) is 18.3 Å². The summed E-state index contributed by atoms with van der Waals surface area (Å²) in [5.41, 5.74) is 1.96. The van der Waals surface area contributed by atoms with Gasteiger partial charge in [-0.1, -0.05) is 18.2 Å². The zero-order chi connectivity index (χ0) is 20.6. The lowest BCUT2D eigenvalue weighted by atomic mass is 10.1. The predicted octanol–water partition coefficient (Wildman–Crippen LogP) is 3.65. The van der Waals surface area contributed by atoms with E-state index in [2.05, 4.69) is 0 Å². The van der Waals surface area contributed by atoms with Crippen LogP contribution in [0, 0.1) is 0 Å². The number of amides is 1. The normalized spacial score (nSPS) is 13.7. The second-order valence-electron chi connectivity index (χ2n) is 6.53. The summed E-state index contributed by atoms with van der Waals surface area (Å²) >= 11 is 0. The monoisotopic (exact) mass is 393 g/mol. The number of anilines is 1. The Kier molecular flexibility index (Phi) is 6.79. The summed E-state index contributed by atoms with van der Waals surface area (Å²) in [7, 11) is 0. The molecule has 1 heterocycles. The first-order valence-electron chi connectivity index (χ1n) is 9.59. The first-order chi connectivity index (χ1) is 14.1. The molecule has 150 valence electrons. The van der Waals surface area contributed by atoms with Gasteiger partial charge in [-0.3, -0.25) is 9.59 Å². The summed E-state index contributed by atoms with van der Waals surface area (Å²) in [6.45, 7) is 2.76. The lowest BCUT2D eigenvalue weighted by molar-refractivity contribution is -0.136. The number of Topliss-reactive ketones (excluding diaryl/α,β-unsaturated/α-hetero) is 1. The molecule has 0 spiro atoms. The molecule has 6 heteroatoms. The van der Waals surface area contributed by atoms with Crippen LogP contribution in [0.5, 0.6) is 5.75 Å². The van der Waals surface area contributed by atoms with Crippen molar-refractivity contribution in [1.29, 1.82) is 0 Å². The van der Waals surface area contributed by atoms with Crippen molar-refractivity contribution in [2.24, 2.45) is 0 Å². The Morgan fingerprint density at radius 2 is 1.86 bits per heavy atom. The SMILES string of the molecule is CCOc1ccccc1/C=C/C(=O)OCC(=O)c1ccc(N2CCCC2=O)cc1. The highest BCUT2D eigenvalue weighted by atomic mass is 16.5. The van der Waals surface area contributed by atoms with E-state index < -0.39 is 5.97 Å². The topological polar surface area (TPSA) is 72.9 Å². The van der Waals surface area contributed by atoms with Crippen molar-refractivity contribution < 1.29 is 23.9 Å². The Morgan fingerprint density at radius 1 is 1.10 bits per heavy atom. The van der Waals surface area contributed by atoms with Gasteiger partial charge in [0.2, 0.25) is 5.91 Å². The largest absolute Gasteiger partial charge is 0.493 e. The van der Waals surface area contributed by atoms with Crippen LogP contribution in [-0.4, -0.2) is 37.4 Å². The van der Waals surface area contributed by atoms with Crippen molar-refractivity contribution in [1.82, 2.24) is 0 Å². The molecule has 0 atom stereocenters. The first-order valence-corrected chi connectivity index (χ1v) is 9.59. The number of ketones is 1. The molecular weight excluding hydrogens is 370 g/mol. The molecule has 0 bridgehead atoms. The van der Waals surface area contributed by atoms with Crippen LogP contribution in [0.4, 0.5) is 5.69 Å². The molecule has 0 saturated carbocycles. The van der Waals surface area contributed by atoms with Crippen LogP contribution >= 0.6 is 0 Å². The number of hydrogen-bond donors (Lipinski definition) is 0. The molecular formula is C23H23NO5. The molecule has 1 aliphatic rings. The van der Waals surface area contributed by atoms with Crippen LogP contribution in [0.25, 0.3) is 6.08 Å². The third-order valence-corrected chi connectivity index (χ3v) is 4.54. The maximum absolute atomic E-state index is 12.3. The van der Waals surface area contributed by atoms with Gasteiger partial charge < -0.3 is 14.4 Å².